The van der Waals surface area contributed by atoms with E-state index in [4.69, 9.17) is 40.9 Å². The van der Waals surface area contributed by atoms with E-state index in [0.29, 0.717) is 23.6 Å². The van der Waals surface area contributed by atoms with E-state index in [1.165, 1.54) is 0 Å². The van der Waals surface area contributed by atoms with E-state index < -0.39 is 24.0 Å². The second-order valence-corrected chi connectivity index (χ2v) is 12.2. The molecule has 7 rings (SSSR count). The molecule has 1 unspecified atom stereocenters. The minimum Gasteiger partial charge on any atom is -0.494 e. The molecule has 4 saturated heterocycles. The van der Waals surface area contributed by atoms with Gasteiger partial charge in [-0.05, 0) is 111 Å². The van der Waals surface area contributed by atoms with Crippen LogP contribution >= 0.6 is 12.2 Å². The summed E-state index contributed by atoms with van der Waals surface area (Å²) >= 11 is 5.34. The average Bonchev–Trinajstić information content (AvgIpc) is 3.19. The number of ether oxygens (including phenoxy) is 4. The number of hydrazone groups is 1. The van der Waals surface area contributed by atoms with Crippen molar-refractivity contribution < 1.29 is 28.7 Å². The SMILES string of the molecule is CCOc1ccc(NC(=S)N/N=C/c2ccc(O[C@H]3O[C@@H]4OC5(C)CC[C@H]6[C@H](C)CC[C@@H]([C@H]3C)[C@@]46OO5)cc2)cc1. The van der Waals surface area contributed by atoms with Crippen LogP contribution in [0.1, 0.15) is 58.9 Å². The first-order chi connectivity index (χ1) is 19.8. The first-order valence-corrected chi connectivity index (χ1v) is 15.0. The molecule has 9 nitrogen and oxygen atoms in total. The lowest BCUT2D eigenvalue weighted by Crippen LogP contribution is -2.70. The van der Waals surface area contributed by atoms with Gasteiger partial charge in [-0.3, -0.25) is 5.43 Å². The fourth-order valence-electron chi connectivity index (χ4n) is 6.90. The molecule has 4 heterocycles. The van der Waals surface area contributed by atoms with Crippen LogP contribution < -0.4 is 20.2 Å². The lowest BCUT2D eigenvalue weighted by atomic mass is 9.58. The predicted molar refractivity (Wildman–Crippen MR) is 158 cm³/mol. The molecule has 1 saturated carbocycles. The van der Waals surface area contributed by atoms with Crippen LogP contribution in [0.5, 0.6) is 11.5 Å². The summed E-state index contributed by atoms with van der Waals surface area (Å²) in [6.45, 7) is 9.02. The smallest absolute Gasteiger partial charge is 0.205 e. The molecule has 1 aliphatic carbocycles. The molecule has 0 amide bonds. The summed E-state index contributed by atoms with van der Waals surface area (Å²) in [5.74, 6) is 1.90. The van der Waals surface area contributed by atoms with Crippen molar-refractivity contribution in [1.82, 2.24) is 5.43 Å². The Morgan fingerprint density at radius 2 is 1.78 bits per heavy atom. The van der Waals surface area contributed by atoms with Gasteiger partial charge in [-0.2, -0.15) is 5.10 Å². The highest BCUT2D eigenvalue weighted by Gasteiger charge is 2.69. The van der Waals surface area contributed by atoms with Gasteiger partial charge in [-0.15, -0.1) is 0 Å². The lowest BCUT2D eigenvalue weighted by Gasteiger charge is -2.60. The normalized spacial score (nSPS) is 35.8. The molecular formula is C31H39N3O6S. The Morgan fingerprint density at radius 3 is 2.54 bits per heavy atom. The van der Waals surface area contributed by atoms with Crippen molar-refractivity contribution in [2.45, 2.75) is 77.3 Å². The van der Waals surface area contributed by atoms with Crippen LogP contribution in [0.3, 0.4) is 0 Å². The molecule has 2 aromatic rings. The second kappa shape index (κ2) is 11.5. The Balaban J connectivity index is 1.06. The number of rotatable bonds is 7. The molecule has 0 aromatic heterocycles. The summed E-state index contributed by atoms with van der Waals surface area (Å²) in [5, 5.41) is 7.74. The number of nitrogens with one attached hydrogen (secondary N) is 2. The van der Waals surface area contributed by atoms with Crippen molar-refractivity contribution in [2.24, 2.45) is 28.8 Å². The summed E-state index contributed by atoms with van der Waals surface area (Å²) in [4.78, 5) is 12.1. The van der Waals surface area contributed by atoms with Crippen molar-refractivity contribution >= 4 is 29.2 Å². The largest absolute Gasteiger partial charge is 0.494 e. The third-order valence-corrected chi connectivity index (χ3v) is 9.23. The minimum absolute atomic E-state index is 0.102. The monoisotopic (exact) mass is 581 g/mol. The Morgan fingerprint density at radius 1 is 1.02 bits per heavy atom. The number of thiocarbonyl (C=S) groups is 1. The molecule has 5 fully saturated rings. The van der Waals surface area contributed by atoms with Gasteiger partial charge in [0.25, 0.3) is 0 Å². The standard InChI is InChI=1S/C31H39N3O6S/c1-5-35-23-13-9-22(10-14-23)33-29(41)34-32-18-21-7-11-24(12-8-21)36-27-20(3)26-15-6-19(2)25-16-17-30(4)38-28(37-27)31(25,26)40-39-30/h7-14,18-20,25-28H,5-6,15-17H2,1-4H3,(H2,33,34,41)/b32-18+/t19-,20-,25+,26+,27+,28-,30?,31-/m1/s1. The molecule has 0 radical (unpaired) electrons. The minimum atomic E-state index is -0.802. The first-order valence-electron chi connectivity index (χ1n) is 14.6. The third-order valence-electron chi connectivity index (χ3n) is 9.03. The second-order valence-electron chi connectivity index (χ2n) is 11.7. The van der Waals surface area contributed by atoms with E-state index in [2.05, 4.69) is 29.7 Å². The number of benzene rings is 2. The first kappa shape index (κ1) is 28.4. The highest BCUT2D eigenvalue weighted by atomic mass is 32.1. The van der Waals surface area contributed by atoms with Gasteiger partial charge in [0.05, 0.1) is 12.8 Å². The zero-order chi connectivity index (χ0) is 28.6. The third kappa shape index (κ3) is 5.56. The van der Waals surface area contributed by atoms with Crippen LogP contribution in [0, 0.1) is 23.7 Å². The Labute approximate surface area is 246 Å². The summed E-state index contributed by atoms with van der Waals surface area (Å²) in [5.41, 5.74) is 4.00. The van der Waals surface area contributed by atoms with Crippen molar-refractivity contribution in [3.63, 3.8) is 0 Å². The highest BCUT2D eigenvalue weighted by Crippen LogP contribution is 2.60. The summed E-state index contributed by atoms with van der Waals surface area (Å²) in [6.07, 6.45) is 4.70. The number of nitrogens with zero attached hydrogens (tertiary/aromatic N) is 1. The van der Waals surface area contributed by atoms with Crippen molar-refractivity contribution in [2.75, 3.05) is 11.9 Å². The van der Waals surface area contributed by atoms with Gasteiger partial charge >= 0.3 is 0 Å². The van der Waals surface area contributed by atoms with Crippen molar-refractivity contribution in [3.05, 3.63) is 54.1 Å². The van der Waals surface area contributed by atoms with Crippen molar-refractivity contribution in [3.8, 4) is 11.5 Å². The maximum absolute atomic E-state index is 6.54. The van der Waals surface area contributed by atoms with Crippen molar-refractivity contribution in [1.29, 1.82) is 0 Å². The molecule has 2 N–H and O–H groups in total. The van der Waals surface area contributed by atoms with Gasteiger partial charge in [0, 0.05) is 23.9 Å². The van der Waals surface area contributed by atoms with Crippen LogP contribution in [0.4, 0.5) is 5.69 Å². The quantitative estimate of drug-likeness (QED) is 0.177. The van der Waals surface area contributed by atoms with Gasteiger partial charge in [0.1, 0.15) is 11.5 Å². The molecule has 10 heteroatoms. The van der Waals surface area contributed by atoms with E-state index in [1.807, 2.05) is 62.4 Å². The van der Waals surface area contributed by atoms with E-state index in [0.717, 1.165) is 48.4 Å². The lowest BCUT2D eigenvalue weighted by molar-refractivity contribution is -0.575. The van der Waals surface area contributed by atoms with E-state index >= 15 is 0 Å². The zero-order valence-corrected chi connectivity index (χ0v) is 24.8. The Hall–Kier alpha value is -2.76. The maximum Gasteiger partial charge on any atom is 0.205 e. The highest BCUT2D eigenvalue weighted by molar-refractivity contribution is 7.80. The molecule has 41 heavy (non-hydrogen) atoms. The van der Waals surface area contributed by atoms with Crippen LogP contribution in [0.2, 0.25) is 0 Å². The summed E-state index contributed by atoms with van der Waals surface area (Å²) in [6, 6.07) is 15.3. The molecular weight excluding hydrogens is 542 g/mol. The van der Waals surface area contributed by atoms with E-state index in [9.17, 15) is 0 Å². The fraction of sp³-hybridized carbons (Fsp3) is 0.548. The van der Waals surface area contributed by atoms with E-state index in [-0.39, 0.29) is 11.8 Å². The topological polar surface area (TPSA) is 91.8 Å². The number of hydrogen-bond acceptors (Lipinski definition) is 8. The Kier molecular flexibility index (Phi) is 7.95. The summed E-state index contributed by atoms with van der Waals surface area (Å²) in [7, 11) is 0. The van der Waals surface area contributed by atoms with Gasteiger partial charge < -0.3 is 24.3 Å². The fourth-order valence-corrected chi connectivity index (χ4v) is 7.07. The molecule has 2 aromatic carbocycles. The number of fused-ring (bicyclic) bond motifs is 2. The average molecular weight is 582 g/mol. The van der Waals surface area contributed by atoms with Gasteiger partial charge in [0.2, 0.25) is 12.1 Å². The molecule has 2 bridgehead atoms. The Bertz CT molecular complexity index is 1260. The molecule has 1 spiro atoms. The van der Waals surface area contributed by atoms with Gasteiger partial charge in [-0.1, -0.05) is 13.8 Å². The van der Waals surface area contributed by atoms with Crippen LogP contribution in [-0.4, -0.2) is 41.9 Å². The predicted octanol–water partition coefficient (Wildman–Crippen LogP) is 5.99. The molecule has 5 aliphatic rings. The van der Waals surface area contributed by atoms with E-state index in [1.54, 1.807) is 6.21 Å². The molecule has 4 aliphatic heterocycles. The van der Waals surface area contributed by atoms with Crippen LogP contribution in [0.25, 0.3) is 0 Å². The maximum atomic E-state index is 6.54. The molecule has 8 atom stereocenters. The van der Waals surface area contributed by atoms with Gasteiger partial charge in [-0.25, -0.2) is 9.78 Å². The van der Waals surface area contributed by atoms with Crippen LogP contribution in [0.15, 0.2) is 53.6 Å². The molecule has 220 valence electrons. The number of anilines is 1. The summed E-state index contributed by atoms with van der Waals surface area (Å²) < 4.78 is 24.8. The van der Waals surface area contributed by atoms with Gasteiger partial charge in [0.15, 0.2) is 17.0 Å². The zero-order valence-electron chi connectivity index (χ0n) is 24.0. The van der Waals surface area contributed by atoms with Crippen LogP contribution in [-0.2, 0) is 19.2 Å². The number of hydrogen-bond donors (Lipinski definition) is 2.